The van der Waals surface area contributed by atoms with Crippen molar-refractivity contribution >= 4 is 22.5 Å². The fourth-order valence-electron chi connectivity index (χ4n) is 2.50. The topological polar surface area (TPSA) is 89.3 Å². The van der Waals surface area contributed by atoms with Gasteiger partial charge in [-0.05, 0) is 24.3 Å². The maximum Gasteiger partial charge on any atom is 0.319 e. The molecule has 0 unspecified atom stereocenters. The number of carbonyl (C=O) groups is 1. The number of halogens is 1. The molecular weight excluding hydrogens is 335 g/mol. The van der Waals surface area contributed by atoms with Gasteiger partial charge in [-0.25, -0.2) is 9.18 Å². The lowest BCUT2D eigenvalue weighted by Gasteiger charge is -2.18. The maximum atomic E-state index is 13.2. The highest BCUT2D eigenvalue weighted by Gasteiger charge is 2.13. The molecule has 6 nitrogen and oxygen atoms in total. The summed E-state index contributed by atoms with van der Waals surface area (Å²) in [5.41, 5.74) is 6.36. The number of fused-ring (bicyclic) bond motifs is 1. The highest BCUT2D eigenvalue weighted by molar-refractivity contribution is 6.01. The van der Waals surface area contributed by atoms with Gasteiger partial charge in [0, 0.05) is 35.8 Å². The van der Waals surface area contributed by atoms with Gasteiger partial charge in [-0.3, -0.25) is 4.98 Å². The molecule has 0 bridgehead atoms. The van der Waals surface area contributed by atoms with Gasteiger partial charge in [-0.2, -0.15) is 0 Å². The van der Waals surface area contributed by atoms with E-state index in [4.69, 9.17) is 10.5 Å². The van der Waals surface area contributed by atoms with Crippen LogP contribution in [0, 0.1) is 5.82 Å². The van der Waals surface area contributed by atoms with Crippen LogP contribution in [0.5, 0.6) is 5.75 Å². The zero-order valence-corrected chi connectivity index (χ0v) is 14.0. The number of amides is 2. The lowest BCUT2D eigenvalue weighted by Crippen LogP contribution is -2.46. The summed E-state index contributed by atoms with van der Waals surface area (Å²) in [7, 11) is 0. The number of urea groups is 1. The Morgan fingerprint density at radius 3 is 2.88 bits per heavy atom. The summed E-state index contributed by atoms with van der Waals surface area (Å²) in [5, 5.41) is 7.38. The molecule has 3 rings (SSSR count). The number of carbonyl (C=O) groups excluding carboxylic acids is 1. The van der Waals surface area contributed by atoms with Gasteiger partial charge in [0.05, 0.1) is 11.7 Å². The van der Waals surface area contributed by atoms with Crippen molar-refractivity contribution in [2.24, 2.45) is 5.73 Å². The zero-order chi connectivity index (χ0) is 18.4. The third-order valence-corrected chi connectivity index (χ3v) is 3.80. The molecule has 0 saturated carbocycles. The summed E-state index contributed by atoms with van der Waals surface area (Å²) >= 11 is 0. The molecule has 7 heteroatoms. The number of nitrogens with one attached hydrogen (secondary N) is 2. The van der Waals surface area contributed by atoms with Crippen LogP contribution in [0.3, 0.4) is 0 Å². The molecule has 1 heterocycles. The van der Waals surface area contributed by atoms with Gasteiger partial charge in [0.25, 0.3) is 0 Å². The predicted molar refractivity (Wildman–Crippen MR) is 98.6 cm³/mol. The molecule has 1 aromatic heterocycles. The van der Waals surface area contributed by atoms with E-state index in [1.165, 1.54) is 12.1 Å². The van der Waals surface area contributed by atoms with Gasteiger partial charge in [0.15, 0.2) is 0 Å². The number of benzene rings is 2. The molecule has 2 aromatic carbocycles. The van der Waals surface area contributed by atoms with E-state index in [9.17, 15) is 9.18 Å². The van der Waals surface area contributed by atoms with Gasteiger partial charge in [0.1, 0.15) is 18.2 Å². The van der Waals surface area contributed by atoms with Crippen LogP contribution in [0.1, 0.15) is 0 Å². The van der Waals surface area contributed by atoms with Gasteiger partial charge >= 0.3 is 6.03 Å². The van der Waals surface area contributed by atoms with Crippen LogP contribution >= 0.6 is 0 Å². The summed E-state index contributed by atoms with van der Waals surface area (Å²) < 4.78 is 18.7. The summed E-state index contributed by atoms with van der Waals surface area (Å²) in [6.07, 6.45) is 3.40. The molecule has 4 N–H and O–H groups in total. The van der Waals surface area contributed by atoms with Crippen LogP contribution in [0.2, 0.25) is 0 Å². The quantitative estimate of drug-likeness (QED) is 0.635. The summed E-state index contributed by atoms with van der Waals surface area (Å²) in [4.78, 5) is 16.3. The van der Waals surface area contributed by atoms with Crippen LogP contribution < -0.4 is 21.1 Å². The first-order chi connectivity index (χ1) is 12.7. The first-order valence-corrected chi connectivity index (χ1v) is 8.14. The standard InChI is InChI=1S/C19H19FN4O2/c20-14-4-2-5-16(9-14)26-12-15(10-21)23-19(25)24-18-6-1-3-13-11-22-8-7-17(13)18/h1-9,11,15H,10,12,21H2,(H2,23,24,25)/t15-/m1/s1. The average molecular weight is 354 g/mol. The lowest BCUT2D eigenvalue weighted by molar-refractivity contribution is 0.234. The predicted octanol–water partition coefficient (Wildman–Crippen LogP) is 2.90. The molecule has 2 amide bonds. The molecular formula is C19H19FN4O2. The number of hydrogen-bond acceptors (Lipinski definition) is 4. The number of hydrogen-bond donors (Lipinski definition) is 3. The minimum Gasteiger partial charge on any atom is -0.491 e. The van der Waals surface area contributed by atoms with E-state index in [1.807, 2.05) is 24.3 Å². The van der Waals surface area contributed by atoms with Crippen LogP contribution in [0.15, 0.2) is 60.9 Å². The minimum atomic E-state index is -0.421. The number of pyridine rings is 1. The van der Waals surface area contributed by atoms with Crippen LogP contribution in [-0.2, 0) is 0 Å². The molecule has 134 valence electrons. The van der Waals surface area contributed by atoms with E-state index in [0.29, 0.717) is 11.4 Å². The number of anilines is 1. The van der Waals surface area contributed by atoms with Gasteiger partial charge < -0.3 is 21.1 Å². The minimum absolute atomic E-state index is 0.132. The molecule has 0 spiro atoms. The highest BCUT2D eigenvalue weighted by atomic mass is 19.1. The van der Waals surface area contributed by atoms with Crippen molar-refractivity contribution in [2.75, 3.05) is 18.5 Å². The molecule has 0 fully saturated rings. The summed E-state index contributed by atoms with van der Waals surface area (Å²) in [6, 6.07) is 12.4. The normalized spacial score (nSPS) is 11.8. The fourth-order valence-corrected chi connectivity index (χ4v) is 2.50. The molecule has 1 atom stereocenters. The number of nitrogens with two attached hydrogens (primary N) is 1. The van der Waals surface area contributed by atoms with Gasteiger partial charge in [-0.15, -0.1) is 0 Å². The number of rotatable bonds is 6. The number of nitrogens with zero attached hydrogens (tertiary/aromatic N) is 1. The first-order valence-electron chi connectivity index (χ1n) is 8.14. The Bertz CT molecular complexity index is 898. The van der Waals surface area contributed by atoms with Crippen LogP contribution in [-0.4, -0.2) is 30.2 Å². The van der Waals surface area contributed by atoms with Crippen molar-refractivity contribution < 1.29 is 13.9 Å². The highest BCUT2D eigenvalue weighted by Crippen LogP contribution is 2.22. The molecule has 26 heavy (non-hydrogen) atoms. The van der Waals surface area contributed by atoms with Crippen molar-refractivity contribution in [1.29, 1.82) is 0 Å². The van der Waals surface area contributed by atoms with Crippen molar-refractivity contribution in [3.63, 3.8) is 0 Å². The van der Waals surface area contributed by atoms with E-state index in [1.54, 1.807) is 24.5 Å². The van der Waals surface area contributed by atoms with E-state index in [0.717, 1.165) is 10.8 Å². The number of ether oxygens (including phenoxy) is 1. The molecule has 0 aliphatic heterocycles. The average Bonchev–Trinajstić information content (AvgIpc) is 2.65. The Labute approximate surface area is 150 Å². The molecule has 0 aliphatic carbocycles. The van der Waals surface area contributed by atoms with Crippen molar-refractivity contribution in [2.45, 2.75) is 6.04 Å². The van der Waals surface area contributed by atoms with E-state index in [-0.39, 0.29) is 19.0 Å². The molecule has 0 aliphatic rings. The van der Waals surface area contributed by atoms with Crippen molar-refractivity contribution in [3.8, 4) is 5.75 Å². The van der Waals surface area contributed by atoms with Gasteiger partial charge in [-0.1, -0.05) is 18.2 Å². The Hall–Kier alpha value is -3.19. The second-order valence-electron chi connectivity index (χ2n) is 5.70. The van der Waals surface area contributed by atoms with E-state index >= 15 is 0 Å². The van der Waals surface area contributed by atoms with Crippen molar-refractivity contribution in [1.82, 2.24) is 10.3 Å². The van der Waals surface area contributed by atoms with Crippen LogP contribution in [0.4, 0.5) is 14.9 Å². The van der Waals surface area contributed by atoms with Crippen molar-refractivity contribution in [3.05, 3.63) is 66.7 Å². The second kappa shape index (κ2) is 8.26. The number of aromatic nitrogens is 1. The maximum absolute atomic E-state index is 13.2. The Balaban J connectivity index is 1.60. The third-order valence-electron chi connectivity index (χ3n) is 3.80. The van der Waals surface area contributed by atoms with Gasteiger partial charge in [0.2, 0.25) is 0 Å². The Morgan fingerprint density at radius 2 is 2.08 bits per heavy atom. The summed E-state index contributed by atoms with van der Waals surface area (Å²) in [6.45, 7) is 0.315. The third kappa shape index (κ3) is 4.46. The largest absolute Gasteiger partial charge is 0.491 e. The Kier molecular flexibility index (Phi) is 5.60. The van der Waals surface area contributed by atoms with E-state index in [2.05, 4.69) is 15.6 Å². The lowest BCUT2D eigenvalue weighted by atomic mass is 10.1. The monoisotopic (exact) mass is 354 g/mol. The molecule has 0 saturated heterocycles. The second-order valence-corrected chi connectivity index (χ2v) is 5.70. The molecule has 0 radical (unpaired) electrons. The zero-order valence-electron chi connectivity index (χ0n) is 14.0. The SMILES string of the molecule is NC[C@H](COc1cccc(F)c1)NC(=O)Nc1cccc2cnccc12. The van der Waals surface area contributed by atoms with Crippen LogP contribution in [0.25, 0.3) is 10.8 Å². The first kappa shape index (κ1) is 17.6. The summed E-state index contributed by atoms with van der Waals surface area (Å²) in [5.74, 6) is -0.00448. The van der Waals surface area contributed by atoms with E-state index < -0.39 is 12.1 Å². The molecule has 3 aromatic rings. The Morgan fingerprint density at radius 1 is 1.23 bits per heavy atom. The fraction of sp³-hybridized carbons (Fsp3) is 0.158. The smallest absolute Gasteiger partial charge is 0.319 e.